The number of hydrogen-bond donors (Lipinski definition) is 0. The topological polar surface area (TPSA) is 9.23 Å². The van der Waals surface area contributed by atoms with Gasteiger partial charge in [0.05, 0.1) is 5.60 Å². The number of ether oxygens (including phenoxy) is 1. The van der Waals surface area contributed by atoms with Gasteiger partial charge in [-0.25, -0.2) is 0 Å². The molecule has 0 N–H and O–H groups in total. The Hall–Kier alpha value is 0.690. The lowest BCUT2D eigenvalue weighted by molar-refractivity contribution is -0.0586. The Morgan fingerprint density at radius 2 is 1.76 bits per heavy atom. The maximum absolute atomic E-state index is 6.24. The van der Waals surface area contributed by atoms with Gasteiger partial charge in [-0.2, -0.15) is 0 Å². The highest BCUT2D eigenvalue weighted by Crippen LogP contribution is 2.36. The molecule has 0 spiro atoms. The normalized spacial score (nSPS) is 29.5. The summed E-state index contributed by atoms with van der Waals surface area (Å²) in [4.78, 5) is 0. The summed E-state index contributed by atoms with van der Waals surface area (Å²) in [6.45, 7) is 5.63. The van der Waals surface area contributed by atoms with E-state index >= 15 is 0 Å². The van der Waals surface area contributed by atoms with Gasteiger partial charge >= 0.3 is 0 Å². The zero-order chi connectivity index (χ0) is 12.6. The van der Waals surface area contributed by atoms with Crippen LogP contribution < -0.4 is 0 Å². The van der Waals surface area contributed by atoms with Crippen molar-refractivity contribution in [2.45, 2.75) is 77.2 Å². The van der Waals surface area contributed by atoms with Crippen molar-refractivity contribution in [2.75, 3.05) is 11.0 Å². The molecule has 0 aromatic carbocycles. The first-order valence-corrected chi connectivity index (χ1v) is 8.95. The van der Waals surface area contributed by atoms with Gasteiger partial charge in [0.1, 0.15) is 0 Å². The molecule has 1 aliphatic carbocycles. The van der Waals surface area contributed by atoms with Crippen LogP contribution in [0.15, 0.2) is 0 Å². The van der Waals surface area contributed by atoms with E-state index in [1.165, 1.54) is 62.2 Å². The molecule has 0 amide bonds. The monoisotopic (exact) mass is 352 g/mol. The van der Waals surface area contributed by atoms with Crippen LogP contribution in [0.4, 0.5) is 0 Å². The molecule has 0 aliphatic heterocycles. The van der Waals surface area contributed by atoms with Gasteiger partial charge in [0.25, 0.3) is 0 Å². The summed E-state index contributed by atoms with van der Waals surface area (Å²) in [6, 6.07) is 0. The average molecular weight is 352 g/mol. The maximum atomic E-state index is 6.24. The highest BCUT2D eigenvalue weighted by molar-refractivity contribution is 14.1. The molecular formula is C15H29IO. The van der Waals surface area contributed by atoms with E-state index in [0.29, 0.717) is 0 Å². The molecule has 17 heavy (non-hydrogen) atoms. The Morgan fingerprint density at radius 1 is 1.12 bits per heavy atom. The molecule has 0 aromatic heterocycles. The van der Waals surface area contributed by atoms with E-state index in [-0.39, 0.29) is 5.60 Å². The van der Waals surface area contributed by atoms with Crippen LogP contribution in [-0.2, 0) is 4.74 Å². The second kappa shape index (κ2) is 8.73. The van der Waals surface area contributed by atoms with Crippen molar-refractivity contribution >= 4 is 22.6 Å². The third-order valence-electron chi connectivity index (χ3n) is 4.09. The van der Waals surface area contributed by atoms with Crippen LogP contribution in [0, 0.1) is 5.92 Å². The Labute approximate surface area is 121 Å². The molecular weight excluding hydrogens is 323 g/mol. The predicted molar refractivity (Wildman–Crippen MR) is 84.0 cm³/mol. The van der Waals surface area contributed by atoms with Gasteiger partial charge in [-0.3, -0.25) is 0 Å². The van der Waals surface area contributed by atoms with Gasteiger partial charge in [0, 0.05) is 11.0 Å². The van der Waals surface area contributed by atoms with Crippen molar-refractivity contribution in [3.63, 3.8) is 0 Å². The van der Waals surface area contributed by atoms with Gasteiger partial charge in [-0.1, -0.05) is 62.1 Å². The molecule has 1 fully saturated rings. The van der Waals surface area contributed by atoms with Crippen LogP contribution in [0.2, 0.25) is 0 Å². The summed E-state index contributed by atoms with van der Waals surface area (Å²) in [5.41, 5.74) is 0.234. The summed E-state index contributed by atoms with van der Waals surface area (Å²) in [6.07, 6.45) is 12.0. The molecule has 0 unspecified atom stereocenters. The Kier molecular flexibility index (Phi) is 8.09. The van der Waals surface area contributed by atoms with E-state index in [2.05, 4.69) is 36.4 Å². The van der Waals surface area contributed by atoms with Gasteiger partial charge in [-0.05, 0) is 38.0 Å². The van der Waals surface area contributed by atoms with Crippen molar-refractivity contribution in [1.82, 2.24) is 0 Å². The lowest BCUT2D eigenvalue weighted by Gasteiger charge is -2.38. The van der Waals surface area contributed by atoms with Crippen LogP contribution in [0.25, 0.3) is 0 Å². The maximum Gasteiger partial charge on any atom is 0.0771 e. The summed E-state index contributed by atoms with van der Waals surface area (Å²) in [5, 5.41) is 0. The van der Waals surface area contributed by atoms with Crippen molar-refractivity contribution in [2.24, 2.45) is 5.92 Å². The first-order valence-electron chi connectivity index (χ1n) is 7.42. The Balaban J connectivity index is 2.14. The highest BCUT2D eigenvalue weighted by Gasteiger charge is 2.33. The van der Waals surface area contributed by atoms with E-state index in [9.17, 15) is 0 Å². The van der Waals surface area contributed by atoms with Crippen molar-refractivity contribution < 1.29 is 4.74 Å². The summed E-state index contributed by atoms with van der Waals surface area (Å²) < 4.78 is 7.41. The van der Waals surface area contributed by atoms with Crippen LogP contribution in [0.1, 0.15) is 71.6 Å². The minimum Gasteiger partial charge on any atom is -0.374 e. The van der Waals surface area contributed by atoms with Crippen molar-refractivity contribution in [1.29, 1.82) is 0 Å². The lowest BCUT2D eigenvalue weighted by Crippen LogP contribution is -2.38. The Morgan fingerprint density at radius 3 is 2.35 bits per heavy atom. The fraction of sp³-hybridized carbons (Fsp3) is 1.00. The van der Waals surface area contributed by atoms with Crippen molar-refractivity contribution in [3.05, 3.63) is 0 Å². The first kappa shape index (κ1) is 15.7. The first-order chi connectivity index (χ1) is 8.22. The number of halogens is 1. The van der Waals surface area contributed by atoms with E-state index in [4.69, 9.17) is 4.74 Å². The molecule has 1 nitrogen and oxygen atoms in total. The second-order valence-electron chi connectivity index (χ2n) is 5.76. The SMILES string of the molecule is CCCCCCCOC1(CI)CCC(C)CC1. The molecule has 0 aromatic rings. The van der Waals surface area contributed by atoms with Gasteiger partial charge < -0.3 is 4.74 Å². The molecule has 102 valence electrons. The zero-order valence-electron chi connectivity index (χ0n) is 11.6. The van der Waals surface area contributed by atoms with E-state index < -0.39 is 0 Å². The summed E-state index contributed by atoms with van der Waals surface area (Å²) >= 11 is 2.52. The smallest absolute Gasteiger partial charge is 0.0771 e. The van der Waals surface area contributed by atoms with Gasteiger partial charge in [0.2, 0.25) is 0 Å². The fourth-order valence-corrected chi connectivity index (χ4v) is 3.58. The molecule has 1 aliphatic rings. The highest BCUT2D eigenvalue weighted by atomic mass is 127. The third-order valence-corrected chi connectivity index (χ3v) is 5.48. The number of alkyl halides is 1. The molecule has 0 atom stereocenters. The summed E-state index contributed by atoms with van der Waals surface area (Å²) in [7, 11) is 0. The number of rotatable bonds is 8. The van der Waals surface area contributed by atoms with Crippen LogP contribution in [0.3, 0.4) is 0 Å². The number of unbranched alkanes of at least 4 members (excludes halogenated alkanes) is 4. The second-order valence-corrected chi connectivity index (χ2v) is 6.52. The Bertz CT molecular complexity index is 185. The fourth-order valence-electron chi connectivity index (χ4n) is 2.60. The molecule has 0 radical (unpaired) electrons. The minimum absolute atomic E-state index is 0.234. The molecule has 0 saturated heterocycles. The molecule has 1 rings (SSSR count). The summed E-state index contributed by atoms with van der Waals surface area (Å²) in [5.74, 6) is 0.916. The zero-order valence-corrected chi connectivity index (χ0v) is 13.8. The van der Waals surface area contributed by atoms with Gasteiger partial charge in [-0.15, -0.1) is 0 Å². The molecule has 0 bridgehead atoms. The largest absolute Gasteiger partial charge is 0.374 e. The third kappa shape index (κ3) is 5.91. The minimum atomic E-state index is 0.234. The molecule has 2 heteroatoms. The van der Waals surface area contributed by atoms with Crippen LogP contribution >= 0.6 is 22.6 Å². The quantitative estimate of drug-likeness (QED) is 0.325. The van der Waals surface area contributed by atoms with Gasteiger partial charge in [0.15, 0.2) is 0 Å². The van der Waals surface area contributed by atoms with E-state index in [1.54, 1.807) is 0 Å². The van der Waals surface area contributed by atoms with Crippen LogP contribution in [0.5, 0.6) is 0 Å². The molecule has 0 heterocycles. The molecule has 1 saturated carbocycles. The standard InChI is InChI=1S/C15H29IO/c1-3-4-5-6-7-12-17-15(13-16)10-8-14(2)9-11-15/h14H,3-13H2,1-2H3. The lowest BCUT2D eigenvalue weighted by atomic mass is 9.80. The average Bonchev–Trinajstić information content (AvgIpc) is 2.36. The van der Waals surface area contributed by atoms with Crippen LogP contribution in [-0.4, -0.2) is 16.6 Å². The predicted octanol–water partition coefficient (Wildman–Crippen LogP) is 5.36. The van der Waals surface area contributed by atoms with E-state index in [0.717, 1.165) is 12.5 Å². The number of hydrogen-bond acceptors (Lipinski definition) is 1. The van der Waals surface area contributed by atoms with Crippen molar-refractivity contribution in [3.8, 4) is 0 Å². The van der Waals surface area contributed by atoms with E-state index in [1.807, 2.05) is 0 Å².